The van der Waals surface area contributed by atoms with Crippen LogP contribution < -0.4 is 20.5 Å². The molecule has 1 saturated heterocycles. The standard InChI is InChI=1S/C38H50N4O4Si.C2HF3O2/c1-9-44-33-21-28(19-20-32(33)45-25(2)3)35(40-34-22-27-17-13-14-18-30(27)36(39)41-34)37(43)42-24-29(46-47(7,8)38(4,5)6)23-31(42)26-15-11-10-12-16-26;3-2(4,5)1(6)7/h10-22,25,29,31,35H,9,23-24H2,1-8H3,(H3,39,40,41);(H,6,7)/t29-,31-,35?;/m1./s1. The first-order chi connectivity index (χ1) is 25.2. The van der Waals surface area contributed by atoms with Crippen molar-refractivity contribution in [3.63, 3.8) is 0 Å². The van der Waals surface area contributed by atoms with E-state index in [0.717, 1.165) is 28.3 Å². The molecule has 4 N–H and O–H groups in total. The van der Waals surface area contributed by atoms with Gasteiger partial charge in [-0.15, -0.1) is 0 Å². The van der Waals surface area contributed by atoms with E-state index in [1.807, 2.05) is 92.4 Å². The van der Waals surface area contributed by atoms with Crippen LogP contribution in [0.5, 0.6) is 11.5 Å². The number of carbonyl (C=O) groups is 2. The number of aliphatic carboxylic acids is 1. The van der Waals surface area contributed by atoms with E-state index in [-0.39, 0.29) is 29.2 Å². The van der Waals surface area contributed by atoms with Gasteiger partial charge >= 0.3 is 12.1 Å². The highest BCUT2D eigenvalue weighted by molar-refractivity contribution is 6.74. The zero-order valence-electron chi connectivity index (χ0n) is 32.0. The lowest BCUT2D eigenvalue weighted by Gasteiger charge is -2.38. The molecule has 0 bridgehead atoms. The minimum absolute atomic E-state index is 0.0329. The molecule has 54 heavy (non-hydrogen) atoms. The average molecular weight is 769 g/mol. The van der Waals surface area contributed by atoms with E-state index in [9.17, 15) is 13.2 Å². The summed E-state index contributed by atoms with van der Waals surface area (Å²) in [7, 11) is -2.09. The summed E-state index contributed by atoms with van der Waals surface area (Å²) < 4.78 is 50.7. The van der Waals surface area contributed by atoms with E-state index in [0.29, 0.717) is 36.3 Å². The number of carboxylic acids is 1. The van der Waals surface area contributed by atoms with E-state index in [1.54, 1.807) is 0 Å². The Kier molecular flexibility index (Phi) is 13.3. The fraction of sp³-hybridized carbons (Fsp3) is 0.425. The zero-order chi connectivity index (χ0) is 40.0. The number of benzene rings is 3. The van der Waals surface area contributed by atoms with Crippen molar-refractivity contribution in [3.05, 3.63) is 90.0 Å². The molecule has 0 radical (unpaired) electrons. The molecule has 14 heteroatoms. The lowest BCUT2D eigenvalue weighted by atomic mass is 10.0. The van der Waals surface area contributed by atoms with E-state index in [2.05, 4.69) is 56.3 Å². The van der Waals surface area contributed by atoms with E-state index in [1.165, 1.54) is 0 Å². The highest BCUT2D eigenvalue weighted by Gasteiger charge is 2.45. The van der Waals surface area contributed by atoms with Crippen molar-refractivity contribution in [2.75, 3.05) is 24.2 Å². The molecular formula is C40H51F3N4O6Si. The van der Waals surface area contributed by atoms with Gasteiger partial charge in [0, 0.05) is 11.9 Å². The second kappa shape index (κ2) is 17.1. The number of fused-ring (bicyclic) bond motifs is 1. The van der Waals surface area contributed by atoms with Gasteiger partial charge < -0.3 is 35.0 Å². The number of aromatic nitrogens is 1. The Balaban J connectivity index is 0.000000845. The van der Waals surface area contributed by atoms with Crippen molar-refractivity contribution < 1.29 is 41.8 Å². The summed E-state index contributed by atoms with van der Waals surface area (Å²) >= 11 is 0. The molecule has 1 aromatic heterocycles. The summed E-state index contributed by atoms with van der Waals surface area (Å²) in [6, 6.07) is 24.8. The number of rotatable bonds is 11. The summed E-state index contributed by atoms with van der Waals surface area (Å²) in [6.45, 7) is 18.1. The number of hydrogen-bond acceptors (Lipinski definition) is 8. The Labute approximate surface area is 315 Å². The van der Waals surface area contributed by atoms with Crippen LogP contribution in [0.3, 0.4) is 0 Å². The van der Waals surface area contributed by atoms with Gasteiger partial charge in [0.1, 0.15) is 17.7 Å². The first-order valence-corrected chi connectivity index (χ1v) is 20.8. The number of nitrogen functional groups attached to an aromatic ring is 1. The largest absolute Gasteiger partial charge is 0.490 e. The van der Waals surface area contributed by atoms with Crippen LogP contribution >= 0.6 is 0 Å². The molecule has 1 fully saturated rings. The Bertz CT molecular complexity index is 1900. The average Bonchev–Trinajstić information content (AvgIpc) is 3.50. The summed E-state index contributed by atoms with van der Waals surface area (Å²) in [5.41, 5.74) is 8.24. The van der Waals surface area contributed by atoms with Gasteiger partial charge in [-0.05, 0) is 80.0 Å². The van der Waals surface area contributed by atoms with Gasteiger partial charge in [-0.3, -0.25) is 4.79 Å². The zero-order valence-corrected chi connectivity index (χ0v) is 33.0. The summed E-state index contributed by atoms with van der Waals surface area (Å²) in [5.74, 6) is -0.690. The van der Waals surface area contributed by atoms with Crippen LogP contribution in [0, 0.1) is 0 Å². The van der Waals surface area contributed by atoms with Crippen LogP contribution in [-0.2, 0) is 14.0 Å². The molecule has 1 amide bonds. The third kappa shape index (κ3) is 10.4. The maximum absolute atomic E-state index is 15.0. The van der Waals surface area contributed by atoms with Gasteiger partial charge in [-0.2, -0.15) is 13.2 Å². The van der Waals surface area contributed by atoms with Crippen molar-refractivity contribution in [3.8, 4) is 11.5 Å². The number of alkyl halides is 3. The monoisotopic (exact) mass is 768 g/mol. The third-order valence-corrected chi connectivity index (χ3v) is 14.0. The normalized spacial score (nSPS) is 16.8. The van der Waals surface area contributed by atoms with Crippen molar-refractivity contribution in [2.24, 2.45) is 0 Å². The molecular weight excluding hydrogens is 718 g/mol. The lowest BCUT2D eigenvalue weighted by Crippen LogP contribution is -2.45. The third-order valence-electron chi connectivity index (χ3n) is 9.51. The van der Waals surface area contributed by atoms with Crippen molar-refractivity contribution in [2.45, 2.75) is 96.6 Å². The smallest absolute Gasteiger partial charge is 0.490 e. The van der Waals surface area contributed by atoms with Gasteiger partial charge in [0.2, 0.25) is 5.91 Å². The minimum atomic E-state index is -5.08. The number of amides is 1. The molecule has 1 unspecified atom stereocenters. The van der Waals surface area contributed by atoms with Crippen LogP contribution in [0.2, 0.25) is 18.1 Å². The Morgan fingerprint density at radius 1 is 1.00 bits per heavy atom. The number of nitrogens with zero attached hydrogens (tertiary/aromatic N) is 2. The number of pyridine rings is 1. The van der Waals surface area contributed by atoms with E-state index >= 15 is 4.79 Å². The minimum Gasteiger partial charge on any atom is -0.490 e. The van der Waals surface area contributed by atoms with Crippen molar-refractivity contribution >= 4 is 42.6 Å². The molecule has 0 spiro atoms. The number of carboxylic acid groups (broad SMARTS) is 1. The molecule has 1 aliphatic rings. The summed E-state index contributed by atoms with van der Waals surface area (Å²) in [6.07, 6.45) is -4.47. The highest BCUT2D eigenvalue weighted by atomic mass is 28.4. The molecule has 0 saturated carbocycles. The number of ether oxygens (including phenoxy) is 2. The number of halogens is 3. The SMILES string of the molecule is CCOc1cc(C(Nc2cc3ccccc3c(N)n2)C(=O)N2C[C@H](O[Si](C)(C)C(C)(C)C)C[C@@H]2c2ccccc2)ccc1OC(C)C.O=C(O)C(F)(F)F. The van der Waals surface area contributed by atoms with Crippen LogP contribution in [0.4, 0.5) is 24.8 Å². The Morgan fingerprint density at radius 3 is 2.22 bits per heavy atom. The number of hydrogen-bond donors (Lipinski definition) is 3. The molecule has 5 rings (SSSR count). The van der Waals surface area contributed by atoms with Crippen molar-refractivity contribution in [1.29, 1.82) is 0 Å². The molecule has 3 aromatic carbocycles. The van der Waals surface area contributed by atoms with E-state index < -0.39 is 26.5 Å². The molecule has 4 aromatic rings. The van der Waals surface area contributed by atoms with Gasteiger partial charge in [0.15, 0.2) is 19.8 Å². The first kappa shape index (κ1) is 41.9. The van der Waals surface area contributed by atoms with Crippen LogP contribution in [0.1, 0.15) is 71.2 Å². The summed E-state index contributed by atoms with van der Waals surface area (Å²) in [4.78, 5) is 30.6. The quantitative estimate of drug-likeness (QED) is 0.128. The second-order valence-electron chi connectivity index (χ2n) is 15.0. The molecule has 3 atom stereocenters. The number of nitrogens with one attached hydrogen (secondary N) is 1. The summed E-state index contributed by atoms with van der Waals surface area (Å²) in [5, 5.41) is 12.5. The number of likely N-dealkylation sites (tertiary alicyclic amines) is 1. The highest BCUT2D eigenvalue weighted by Crippen LogP contribution is 2.43. The fourth-order valence-corrected chi connectivity index (χ4v) is 7.29. The van der Waals surface area contributed by atoms with Crippen LogP contribution in [0.25, 0.3) is 10.8 Å². The fourth-order valence-electron chi connectivity index (χ4n) is 5.94. The lowest BCUT2D eigenvalue weighted by molar-refractivity contribution is -0.192. The van der Waals surface area contributed by atoms with Gasteiger partial charge in [-0.1, -0.05) is 81.4 Å². The molecule has 2 heterocycles. The van der Waals surface area contributed by atoms with Crippen LogP contribution in [-0.4, -0.2) is 66.7 Å². The number of carbonyl (C=O) groups excluding carboxylic acids is 1. The predicted octanol–water partition coefficient (Wildman–Crippen LogP) is 9.15. The Morgan fingerprint density at radius 2 is 1.63 bits per heavy atom. The predicted molar refractivity (Wildman–Crippen MR) is 207 cm³/mol. The van der Waals surface area contributed by atoms with Crippen molar-refractivity contribution in [1.82, 2.24) is 9.88 Å². The first-order valence-electron chi connectivity index (χ1n) is 17.9. The van der Waals surface area contributed by atoms with Gasteiger partial charge in [0.05, 0.1) is 24.9 Å². The van der Waals surface area contributed by atoms with E-state index in [4.69, 9.17) is 29.5 Å². The molecule has 1 aliphatic heterocycles. The number of nitrogens with two attached hydrogens (primary N) is 1. The second-order valence-corrected chi connectivity index (χ2v) is 19.7. The Hall–Kier alpha value is -4.82. The van der Waals surface area contributed by atoms with Crippen LogP contribution in [0.15, 0.2) is 78.9 Å². The molecule has 292 valence electrons. The topological polar surface area (TPSA) is 136 Å². The molecule has 0 aliphatic carbocycles. The maximum atomic E-state index is 15.0. The number of anilines is 2. The van der Waals surface area contributed by atoms with Gasteiger partial charge in [-0.25, -0.2) is 9.78 Å². The van der Waals surface area contributed by atoms with Gasteiger partial charge in [0.25, 0.3) is 0 Å². The maximum Gasteiger partial charge on any atom is 0.490 e. The molecule has 10 nitrogen and oxygen atoms in total.